The lowest BCUT2D eigenvalue weighted by molar-refractivity contribution is -0.122. The Kier molecular flexibility index (Phi) is 7.28. The van der Waals surface area contributed by atoms with Gasteiger partial charge in [-0.25, -0.2) is 4.98 Å². The topological polar surface area (TPSA) is 72.9 Å². The molecule has 3 aromatic rings. The van der Waals surface area contributed by atoms with Crippen molar-refractivity contribution in [1.29, 1.82) is 0 Å². The van der Waals surface area contributed by atoms with E-state index in [0.717, 1.165) is 12.2 Å². The summed E-state index contributed by atoms with van der Waals surface area (Å²) in [5.74, 6) is -0.141. The predicted octanol–water partition coefficient (Wildman–Crippen LogP) is 3.10. The standard InChI is InChI=1S/C22H26N4OS/c1-17(28-20-10-6-3-7-11-20)13-24-22(27)21(23)12-19-15-26(16-25-19)14-18-8-4-2-5-9-18/h2-11,15-17,21H,12-14,23H2,1H3,(H,24,27)/t17?,21-/m0/s1. The van der Waals surface area contributed by atoms with Gasteiger partial charge in [0.2, 0.25) is 5.91 Å². The number of hydrogen-bond donors (Lipinski definition) is 2. The van der Waals surface area contributed by atoms with E-state index in [1.165, 1.54) is 10.5 Å². The molecule has 1 amide bonds. The highest BCUT2D eigenvalue weighted by Crippen LogP contribution is 2.21. The molecule has 0 spiro atoms. The minimum atomic E-state index is -0.603. The summed E-state index contributed by atoms with van der Waals surface area (Å²) in [7, 11) is 0. The Morgan fingerprint density at radius 1 is 1.14 bits per heavy atom. The normalized spacial score (nSPS) is 13.1. The second-order valence-electron chi connectivity index (χ2n) is 6.82. The van der Waals surface area contributed by atoms with Gasteiger partial charge in [-0.2, -0.15) is 0 Å². The molecule has 3 N–H and O–H groups in total. The summed E-state index contributed by atoms with van der Waals surface area (Å²) in [6.07, 6.45) is 4.16. The Hall–Kier alpha value is -2.57. The van der Waals surface area contributed by atoms with E-state index in [4.69, 9.17) is 5.73 Å². The summed E-state index contributed by atoms with van der Waals surface area (Å²) in [5.41, 5.74) is 8.11. The monoisotopic (exact) mass is 394 g/mol. The number of hydrogen-bond acceptors (Lipinski definition) is 4. The Morgan fingerprint density at radius 3 is 2.54 bits per heavy atom. The van der Waals surface area contributed by atoms with Crippen LogP contribution in [0.4, 0.5) is 0 Å². The quantitative estimate of drug-likeness (QED) is 0.547. The molecule has 146 valence electrons. The molecule has 2 atom stereocenters. The van der Waals surface area contributed by atoms with Gasteiger partial charge >= 0.3 is 0 Å². The molecule has 3 rings (SSSR count). The fourth-order valence-electron chi connectivity index (χ4n) is 2.86. The zero-order chi connectivity index (χ0) is 19.8. The van der Waals surface area contributed by atoms with Crippen molar-refractivity contribution in [3.8, 4) is 0 Å². The van der Waals surface area contributed by atoms with Crippen molar-refractivity contribution < 1.29 is 4.79 Å². The number of nitrogens with one attached hydrogen (secondary N) is 1. The number of imidazole rings is 1. The number of amides is 1. The van der Waals surface area contributed by atoms with Crippen LogP contribution in [0.15, 0.2) is 78.1 Å². The van der Waals surface area contributed by atoms with E-state index in [2.05, 4.69) is 41.5 Å². The van der Waals surface area contributed by atoms with Crippen LogP contribution in [0.3, 0.4) is 0 Å². The summed E-state index contributed by atoms with van der Waals surface area (Å²) < 4.78 is 2.01. The van der Waals surface area contributed by atoms with Gasteiger partial charge in [-0.1, -0.05) is 55.5 Å². The molecule has 0 saturated heterocycles. The first kappa shape index (κ1) is 20.2. The number of carbonyl (C=O) groups excluding carboxylic acids is 1. The maximum absolute atomic E-state index is 12.3. The van der Waals surface area contributed by atoms with Crippen molar-refractivity contribution >= 4 is 17.7 Å². The van der Waals surface area contributed by atoms with Crippen LogP contribution in [0.5, 0.6) is 0 Å². The highest BCUT2D eigenvalue weighted by molar-refractivity contribution is 8.00. The van der Waals surface area contributed by atoms with Gasteiger partial charge in [0.15, 0.2) is 0 Å². The van der Waals surface area contributed by atoms with Crippen LogP contribution in [-0.4, -0.2) is 33.3 Å². The van der Waals surface area contributed by atoms with Crippen molar-refractivity contribution in [2.24, 2.45) is 5.73 Å². The van der Waals surface area contributed by atoms with Crippen molar-refractivity contribution in [3.05, 3.63) is 84.4 Å². The maximum Gasteiger partial charge on any atom is 0.237 e. The van der Waals surface area contributed by atoms with Crippen LogP contribution in [-0.2, 0) is 17.8 Å². The van der Waals surface area contributed by atoms with Gasteiger partial charge in [0.1, 0.15) is 0 Å². The lowest BCUT2D eigenvalue weighted by atomic mass is 10.1. The summed E-state index contributed by atoms with van der Waals surface area (Å²) in [6.45, 7) is 3.42. The second kappa shape index (κ2) is 10.1. The van der Waals surface area contributed by atoms with Gasteiger partial charge in [0.05, 0.1) is 18.1 Å². The Morgan fingerprint density at radius 2 is 1.82 bits per heavy atom. The van der Waals surface area contributed by atoms with E-state index in [1.54, 1.807) is 18.1 Å². The molecule has 0 saturated carbocycles. The zero-order valence-corrected chi connectivity index (χ0v) is 16.8. The molecule has 28 heavy (non-hydrogen) atoms. The van der Waals surface area contributed by atoms with Crippen molar-refractivity contribution in [2.45, 2.75) is 36.1 Å². The molecule has 1 heterocycles. The summed E-state index contributed by atoms with van der Waals surface area (Å²) >= 11 is 1.73. The number of carbonyl (C=O) groups is 1. The van der Waals surface area contributed by atoms with E-state index in [1.807, 2.05) is 47.2 Å². The maximum atomic E-state index is 12.3. The molecule has 0 aliphatic carbocycles. The van der Waals surface area contributed by atoms with Gasteiger partial charge in [-0.15, -0.1) is 11.8 Å². The predicted molar refractivity (Wildman–Crippen MR) is 114 cm³/mol. The highest BCUT2D eigenvalue weighted by Gasteiger charge is 2.16. The lowest BCUT2D eigenvalue weighted by Crippen LogP contribution is -2.43. The lowest BCUT2D eigenvalue weighted by Gasteiger charge is -2.15. The van der Waals surface area contributed by atoms with Crippen LogP contribution < -0.4 is 11.1 Å². The molecule has 6 heteroatoms. The number of nitrogens with zero attached hydrogens (tertiary/aromatic N) is 2. The third kappa shape index (κ3) is 6.25. The van der Waals surface area contributed by atoms with Gasteiger partial charge in [-0.05, 0) is 17.7 Å². The summed E-state index contributed by atoms with van der Waals surface area (Å²) in [4.78, 5) is 17.9. The van der Waals surface area contributed by atoms with Crippen LogP contribution >= 0.6 is 11.8 Å². The van der Waals surface area contributed by atoms with E-state index in [9.17, 15) is 4.79 Å². The molecule has 1 unspecified atom stereocenters. The minimum Gasteiger partial charge on any atom is -0.354 e. The number of thioether (sulfide) groups is 1. The molecule has 2 aromatic carbocycles. The molecule has 0 radical (unpaired) electrons. The fraction of sp³-hybridized carbons (Fsp3) is 0.273. The van der Waals surface area contributed by atoms with E-state index in [0.29, 0.717) is 13.0 Å². The third-order valence-electron chi connectivity index (χ3n) is 4.30. The first-order chi connectivity index (χ1) is 13.6. The van der Waals surface area contributed by atoms with Gasteiger partial charge in [-0.3, -0.25) is 4.79 Å². The second-order valence-corrected chi connectivity index (χ2v) is 8.33. The molecular weight excluding hydrogens is 368 g/mol. The molecule has 1 aromatic heterocycles. The molecular formula is C22H26N4OS. The molecule has 0 aliphatic rings. The van der Waals surface area contributed by atoms with Crippen LogP contribution in [0, 0.1) is 0 Å². The molecule has 0 aliphatic heterocycles. The van der Waals surface area contributed by atoms with Crippen LogP contribution in [0.1, 0.15) is 18.2 Å². The van der Waals surface area contributed by atoms with Crippen LogP contribution in [0.2, 0.25) is 0 Å². The number of benzene rings is 2. The Bertz CT molecular complexity index is 867. The van der Waals surface area contributed by atoms with Gasteiger partial charge in [0.25, 0.3) is 0 Å². The van der Waals surface area contributed by atoms with Crippen molar-refractivity contribution in [1.82, 2.24) is 14.9 Å². The Labute approximate surface area is 170 Å². The average Bonchev–Trinajstić information content (AvgIpc) is 3.14. The van der Waals surface area contributed by atoms with Crippen LogP contribution in [0.25, 0.3) is 0 Å². The van der Waals surface area contributed by atoms with Crippen molar-refractivity contribution in [3.63, 3.8) is 0 Å². The Balaban J connectivity index is 1.44. The summed E-state index contributed by atoms with van der Waals surface area (Å²) in [5, 5.41) is 3.22. The van der Waals surface area contributed by atoms with Crippen molar-refractivity contribution in [2.75, 3.05) is 6.54 Å². The molecule has 5 nitrogen and oxygen atoms in total. The number of aromatic nitrogens is 2. The molecule has 0 bridgehead atoms. The average molecular weight is 395 g/mol. The largest absolute Gasteiger partial charge is 0.354 e. The highest BCUT2D eigenvalue weighted by atomic mass is 32.2. The third-order valence-corrected chi connectivity index (χ3v) is 5.42. The zero-order valence-electron chi connectivity index (χ0n) is 16.0. The van der Waals surface area contributed by atoms with Gasteiger partial charge in [0, 0.05) is 35.9 Å². The van der Waals surface area contributed by atoms with Gasteiger partial charge < -0.3 is 15.6 Å². The van der Waals surface area contributed by atoms with E-state index >= 15 is 0 Å². The van der Waals surface area contributed by atoms with E-state index in [-0.39, 0.29) is 11.2 Å². The number of nitrogens with two attached hydrogens (primary N) is 1. The number of rotatable bonds is 9. The first-order valence-corrected chi connectivity index (χ1v) is 10.3. The smallest absolute Gasteiger partial charge is 0.237 e. The fourth-order valence-corrected chi connectivity index (χ4v) is 3.80. The SMILES string of the molecule is CC(CNC(=O)[C@@H](N)Cc1cn(Cc2ccccc2)cn1)Sc1ccccc1. The first-order valence-electron chi connectivity index (χ1n) is 9.39. The summed E-state index contributed by atoms with van der Waals surface area (Å²) in [6, 6.07) is 19.8. The molecule has 0 fully saturated rings. The van der Waals surface area contributed by atoms with E-state index < -0.39 is 6.04 Å². The minimum absolute atomic E-state index is 0.141.